The Labute approximate surface area is 113 Å². The van der Waals surface area contributed by atoms with Crippen LogP contribution < -0.4 is 10.6 Å². The molecule has 98 valence electrons. The Morgan fingerprint density at radius 3 is 2.83 bits per heavy atom. The van der Waals surface area contributed by atoms with Crippen molar-refractivity contribution in [2.24, 2.45) is 5.92 Å². The van der Waals surface area contributed by atoms with Gasteiger partial charge in [-0.15, -0.1) is 0 Å². The first kappa shape index (κ1) is 13.4. The summed E-state index contributed by atoms with van der Waals surface area (Å²) in [5.74, 6) is 1.40. The summed E-state index contributed by atoms with van der Waals surface area (Å²) in [6.07, 6.45) is 4.14. The van der Waals surface area contributed by atoms with Gasteiger partial charge in [0.05, 0.1) is 5.92 Å². The second kappa shape index (κ2) is 6.81. The van der Waals surface area contributed by atoms with Gasteiger partial charge in [0, 0.05) is 12.2 Å². The lowest BCUT2D eigenvalue weighted by molar-refractivity contribution is -0.119. The quantitative estimate of drug-likeness (QED) is 0.856. The fourth-order valence-corrected chi connectivity index (χ4v) is 2.54. The molecule has 1 aromatic rings. The fraction of sp³-hybridized carbons (Fsp3) is 0.500. The average Bonchev–Trinajstić information content (AvgIpc) is 2.92. The van der Waals surface area contributed by atoms with Crippen LogP contribution in [0.5, 0.6) is 0 Å². The first-order valence-corrected chi connectivity index (χ1v) is 7.78. The van der Waals surface area contributed by atoms with Crippen molar-refractivity contribution in [1.29, 1.82) is 0 Å². The molecule has 1 unspecified atom stereocenters. The van der Waals surface area contributed by atoms with Crippen LogP contribution in [0.1, 0.15) is 12.0 Å². The summed E-state index contributed by atoms with van der Waals surface area (Å²) in [4.78, 5) is 11.9. The van der Waals surface area contributed by atoms with Crippen molar-refractivity contribution in [3.63, 3.8) is 0 Å². The summed E-state index contributed by atoms with van der Waals surface area (Å²) in [5.41, 5.74) is 2.23. The van der Waals surface area contributed by atoms with E-state index in [1.807, 2.05) is 23.9 Å². The monoisotopic (exact) mass is 264 g/mol. The number of amides is 1. The number of anilines is 1. The van der Waals surface area contributed by atoms with Gasteiger partial charge in [0.15, 0.2) is 0 Å². The number of rotatable bonds is 5. The number of hydrogen-bond acceptors (Lipinski definition) is 3. The first-order valence-electron chi connectivity index (χ1n) is 6.39. The molecule has 1 saturated heterocycles. The highest BCUT2D eigenvalue weighted by Gasteiger charge is 2.22. The molecule has 0 bridgehead atoms. The summed E-state index contributed by atoms with van der Waals surface area (Å²) in [5, 5.41) is 6.19. The molecule has 0 aliphatic carbocycles. The predicted octanol–water partition coefficient (Wildman–Crippen LogP) is 2.14. The van der Waals surface area contributed by atoms with Gasteiger partial charge in [0.1, 0.15) is 0 Å². The Morgan fingerprint density at radius 1 is 1.44 bits per heavy atom. The van der Waals surface area contributed by atoms with Crippen molar-refractivity contribution < 1.29 is 4.79 Å². The molecule has 1 heterocycles. The molecule has 0 saturated carbocycles. The topological polar surface area (TPSA) is 41.1 Å². The molecule has 1 fully saturated rings. The number of nitrogens with one attached hydrogen (secondary N) is 2. The normalized spacial score (nSPS) is 18.8. The Kier molecular flexibility index (Phi) is 5.08. The zero-order valence-corrected chi connectivity index (χ0v) is 11.6. The highest BCUT2D eigenvalue weighted by molar-refractivity contribution is 7.98. The zero-order valence-electron chi connectivity index (χ0n) is 10.7. The van der Waals surface area contributed by atoms with Gasteiger partial charge in [0.2, 0.25) is 5.91 Å². The van der Waals surface area contributed by atoms with Gasteiger partial charge >= 0.3 is 0 Å². The Hall–Kier alpha value is -1.00. The van der Waals surface area contributed by atoms with Crippen LogP contribution in [0.3, 0.4) is 0 Å². The van der Waals surface area contributed by atoms with Crippen LogP contribution in [-0.2, 0) is 11.2 Å². The second-order valence-corrected chi connectivity index (χ2v) is 5.60. The molecule has 2 N–H and O–H groups in total. The van der Waals surface area contributed by atoms with Crippen LogP contribution in [0.4, 0.5) is 5.69 Å². The average molecular weight is 264 g/mol. The molecular weight excluding hydrogens is 244 g/mol. The highest BCUT2D eigenvalue weighted by atomic mass is 32.2. The van der Waals surface area contributed by atoms with E-state index < -0.39 is 0 Å². The van der Waals surface area contributed by atoms with Gasteiger partial charge in [-0.25, -0.2) is 0 Å². The molecule has 1 aromatic carbocycles. The Balaban J connectivity index is 1.87. The molecule has 4 heteroatoms. The van der Waals surface area contributed by atoms with Crippen molar-refractivity contribution >= 4 is 23.4 Å². The lowest BCUT2D eigenvalue weighted by Gasteiger charge is -2.10. The minimum atomic E-state index is 0.126. The summed E-state index contributed by atoms with van der Waals surface area (Å²) < 4.78 is 0. The number of carbonyl (C=O) groups excluding carboxylic acids is 1. The fourth-order valence-electron chi connectivity index (χ4n) is 2.10. The van der Waals surface area contributed by atoms with E-state index >= 15 is 0 Å². The second-order valence-electron chi connectivity index (χ2n) is 4.62. The molecule has 2 rings (SSSR count). The van der Waals surface area contributed by atoms with E-state index in [-0.39, 0.29) is 11.8 Å². The third kappa shape index (κ3) is 3.75. The van der Waals surface area contributed by atoms with Crippen molar-refractivity contribution in [1.82, 2.24) is 5.32 Å². The van der Waals surface area contributed by atoms with E-state index in [0.29, 0.717) is 0 Å². The molecule has 0 radical (unpaired) electrons. The van der Waals surface area contributed by atoms with Crippen LogP contribution in [0, 0.1) is 5.92 Å². The van der Waals surface area contributed by atoms with E-state index in [2.05, 4.69) is 29.0 Å². The van der Waals surface area contributed by atoms with Crippen LogP contribution >= 0.6 is 11.8 Å². The third-order valence-corrected chi connectivity index (χ3v) is 3.86. The van der Waals surface area contributed by atoms with Crippen LogP contribution in [0.15, 0.2) is 24.3 Å². The van der Waals surface area contributed by atoms with E-state index in [9.17, 15) is 4.79 Å². The predicted molar refractivity (Wildman–Crippen MR) is 78.1 cm³/mol. The van der Waals surface area contributed by atoms with E-state index in [1.165, 1.54) is 5.56 Å². The van der Waals surface area contributed by atoms with Gasteiger partial charge in [-0.3, -0.25) is 4.79 Å². The lowest BCUT2D eigenvalue weighted by atomic mass is 10.1. The largest absolute Gasteiger partial charge is 0.326 e. The molecule has 0 aromatic heterocycles. The zero-order chi connectivity index (χ0) is 12.8. The van der Waals surface area contributed by atoms with E-state index in [1.54, 1.807) is 0 Å². The molecule has 0 spiro atoms. The van der Waals surface area contributed by atoms with Crippen molar-refractivity contribution in [3.05, 3.63) is 29.8 Å². The number of thioether (sulfide) groups is 1. The third-order valence-electron chi connectivity index (χ3n) is 3.25. The van der Waals surface area contributed by atoms with Gasteiger partial charge < -0.3 is 10.6 Å². The number of benzene rings is 1. The van der Waals surface area contributed by atoms with Crippen LogP contribution in [-0.4, -0.2) is 31.0 Å². The Bertz CT molecular complexity index is 385. The summed E-state index contributed by atoms with van der Waals surface area (Å²) >= 11 is 1.85. The first-order chi connectivity index (χ1) is 8.79. The highest BCUT2D eigenvalue weighted by Crippen LogP contribution is 2.14. The molecule has 3 nitrogen and oxygen atoms in total. The smallest absolute Gasteiger partial charge is 0.228 e. The van der Waals surface area contributed by atoms with E-state index in [4.69, 9.17) is 0 Å². The molecular formula is C14H20N2OS. The molecule has 1 aliphatic heterocycles. The lowest BCUT2D eigenvalue weighted by Crippen LogP contribution is -2.24. The standard InChI is InChI=1S/C14H20N2OS/c1-18-9-7-11-2-4-13(5-3-11)16-14(17)12-6-8-15-10-12/h2-5,12,15H,6-10H2,1H3,(H,16,17). The van der Waals surface area contributed by atoms with E-state index in [0.717, 1.165) is 37.4 Å². The number of carbonyl (C=O) groups is 1. The maximum absolute atomic E-state index is 11.9. The van der Waals surface area contributed by atoms with Gasteiger partial charge in [0.25, 0.3) is 0 Å². The van der Waals surface area contributed by atoms with Gasteiger partial charge in [-0.05, 0) is 49.1 Å². The van der Waals surface area contributed by atoms with Gasteiger partial charge in [-0.2, -0.15) is 11.8 Å². The maximum atomic E-state index is 11.9. The molecule has 1 aliphatic rings. The Morgan fingerprint density at radius 2 is 2.22 bits per heavy atom. The van der Waals surface area contributed by atoms with Crippen molar-refractivity contribution in [2.75, 3.05) is 30.4 Å². The summed E-state index contributed by atoms with van der Waals surface area (Å²) in [7, 11) is 0. The molecule has 18 heavy (non-hydrogen) atoms. The molecule has 1 amide bonds. The van der Waals surface area contributed by atoms with Gasteiger partial charge in [-0.1, -0.05) is 12.1 Å². The van der Waals surface area contributed by atoms with Crippen LogP contribution in [0.25, 0.3) is 0 Å². The van der Waals surface area contributed by atoms with Crippen LogP contribution in [0.2, 0.25) is 0 Å². The minimum Gasteiger partial charge on any atom is -0.326 e. The summed E-state index contributed by atoms with van der Waals surface area (Å²) in [6.45, 7) is 1.75. The minimum absolute atomic E-state index is 0.126. The summed E-state index contributed by atoms with van der Waals surface area (Å²) in [6, 6.07) is 8.18. The number of aryl methyl sites for hydroxylation is 1. The SMILES string of the molecule is CSCCc1ccc(NC(=O)C2CCNC2)cc1. The number of hydrogen-bond donors (Lipinski definition) is 2. The van der Waals surface area contributed by atoms with Crippen molar-refractivity contribution in [3.8, 4) is 0 Å². The van der Waals surface area contributed by atoms with Crippen molar-refractivity contribution in [2.45, 2.75) is 12.8 Å². The molecule has 1 atom stereocenters. The maximum Gasteiger partial charge on any atom is 0.228 e.